The van der Waals surface area contributed by atoms with Gasteiger partial charge in [-0.05, 0) is 32.3 Å². The second-order valence-corrected chi connectivity index (χ2v) is 4.90. The lowest BCUT2D eigenvalue weighted by molar-refractivity contribution is 0.128. The minimum Gasteiger partial charge on any atom is -0.391 e. The van der Waals surface area contributed by atoms with Crippen LogP contribution in [0, 0.1) is 0 Å². The van der Waals surface area contributed by atoms with Gasteiger partial charge in [-0.3, -0.25) is 0 Å². The molecule has 2 nitrogen and oxygen atoms in total. The summed E-state index contributed by atoms with van der Waals surface area (Å²) < 4.78 is 0. The first-order chi connectivity index (χ1) is 8.13. The fraction of sp³-hybridized carbons (Fsp3) is 0.600. The Balaban J connectivity index is 2.39. The molecule has 0 bridgehead atoms. The lowest BCUT2D eigenvalue weighted by Gasteiger charge is -2.24. The van der Waals surface area contributed by atoms with E-state index in [9.17, 15) is 5.11 Å². The summed E-state index contributed by atoms with van der Waals surface area (Å²) in [5.41, 5.74) is 1.19. The number of hydrogen-bond acceptors (Lipinski definition) is 2. The lowest BCUT2D eigenvalue weighted by Crippen LogP contribution is -2.43. The summed E-state index contributed by atoms with van der Waals surface area (Å²) in [5.74, 6) is 0. The molecule has 3 unspecified atom stereocenters. The Kier molecular flexibility index (Phi) is 6.23. The Labute approximate surface area is 105 Å². The van der Waals surface area contributed by atoms with E-state index >= 15 is 0 Å². The molecule has 1 aromatic rings. The van der Waals surface area contributed by atoms with E-state index in [4.69, 9.17) is 0 Å². The Hall–Kier alpha value is -0.860. The van der Waals surface area contributed by atoms with Crippen LogP contribution in [0.1, 0.15) is 39.2 Å². The third kappa shape index (κ3) is 5.33. The molecule has 0 amide bonds. The van der Waals surface area contributed by atoms with Crippen molar-refractivity contribution in [2.24, 2.45) is 0 Å². The average molecular weight is 235 g/mol. The Morgan fingerprint density at radius 3 is 2.41 bits per heavy atom. The summed E-state index contributed by atoms with van der Waals surface area (Å²) in [4.78, 5) is 0. The van der Waals surface area contributed by atoms with Crippen molar-refractivity contribution >= 4 is 0 Å². The van der Waals surface area contributed by atoms with Crippen molar-refractivity contribution in [2.45, 2.75) is 58.2 Å². The van der Waals surface area contributed by atoms with E-state index in [0.717, 1.165) is 6.42 Å². The van der Waals surface area contributed by atoms with Crippen molar-refractivity contribution in [1.82, 2.24) is 5.32 Å². The van der Waals surface area contributed by atoms with Crippen molar-refractivity contribution in [2.75, 3.05) is 0 Å². The molecule has 0 aliphatic rings. The molecule has 96 valence electrons. The number of aliphatic hydroxyl groups excluding tert-OH is 1. The van der Waals surface area contributed by atoms with Gasteiger partial charge in [-0.15, -0.1) is 0 Å². The SMILES string of the molecule is CCCC(C)NC(C)C(O)Cc1ccccc1. The van der Waals surface area contributed by atoms with E-state index in [1.54, 1.807) is 0 Å². The topological polar surface area (TPSA) is 32.3 Å². The summed E-state index contributed by atoms with van der Waals surface area (Å²) in [7, 11) is 0. The molecule has 1 rings (SSSR count). The minimum absolute atomic E-state index is 0.136. The average Bonchev–Trinajstić information content (AvgIpc) is 2.30. The van der Waals surface area contributed by atoms with Gasteiger partial charge < -0.3 is 10.4 Å². The molecular formula is C15H25NO. The highest BCUT2D eigenvalue weighted by Gasteiger charge is 2.16. The minimum atomic E-state index is -0.322. The van der Waals surface area contributed by atoms with E-state index in [1.807, 2.05) is 18.2 Å². The maximum absolute atomic E-state index is 10.1. The largest absolute Gasteiger partial charge is 0.391 e. The molecule has 17 heavy (non-hydrogen) atoms. The predicted octanol–water partition coefficient (Wildman–Crippen LogP) is 2.76. The van der Waals surface area contributed by atoms with Crippen LogP contribution in [0.3, 0.4) is 0 Å². The van der Waals surface area contributed by atoms with Gasteiger partial charge in [0.2, 0.25) is 0 Å². The van der Waals surface area contributed by atoms with Gasteiger partial charge in [-0.2, -0.15) is 0 Å². The van der Waals surface area contributed by atoms with Gasteiger partial charge in [0.05, 0.1) is 6.10 Å². The molecule has 0 aliphatic heterocycles. The maximum atomic E-state index is 10.1. The highest BCUT2D eigenvalue weighted by Crippen LogP contribution is 2.07. The van der Waals surface area contributed by atoms with Crippen molar-refractivity contribution in [3.63, 3.8) is 0 Å². The summed E-state index contributed by atoms with van der Waals surface area (Å²) in [6.45, 7) is 6.41. The Morgan fingerprint density at radius 1 is 1.18 bits per heavy atom. The van der Waals surface area contributed by atoms with Crippen LogP contribution in [0.25, 0.3) is 0 Å². The first kappa shape index (κ1) is 14.2. The standard InChI is InChI=1S/C15H25NO/c1-4-8-12(2)16-13(3)15(17)11-14-9-6-5-7-10-14/h5-7,9-10,12-13,15-17H,4,8,11H2,1-3H3. The second-order valence-electron chi connectivity index (χ2n) is 4.90. The second kappa shape index (κ2) is 7.46. The monoisotopic (exact) mass is 235 g/mol. The van der Waals surface area contributed by atoms with Crippen LogP contribution in [0.5, 0.6) is 0 Å². The summed E-state index contributed by atoms with van der Waals surface area (Å²) in [6, 6.07) is 10.8. The molecule has 0 saturated heterocycles. The molecular weight excluding hydrogens is 210 g/mol. The molecule has 2 heteroatoms. The molecule has 0 radical (unpaired) electrons. The van der Waals surface area contributed by atoms with E-state index in [2.05, 4.69) is 38.2 Å². The molecule has 3 atom stereocenters. The van der Waals surface area contributed by atoms with Crippen LogP contribution >= 0.6 is 0 Å². The van der Waals surface area contributed by atoms with Crippen molar-refractivity contribution < 1.29 is 5.11 Å². The fourth-order valence-corrected chi connectivity index (χ4v) is 2.11. The Morgan fingerprint density at radius 2 is 1.82 bits per heavy atom. The van der Waals surface area contributed by atoms with Gasteiger partial charge >= 0.3 is 0 Å². The molecule has 0 fully saturated rings. The van der Waals surface area contributed by atoms with Crippen LogP contribution in [-0.4, -0.2) is 23.3 Å². The number of benzene rings is 1. The Bertz CT molecular complexity index is 299. The molecule has 1 aromatic carbocycles. The predicted molar refractivity (Wildman–Crippen MR) is 73.1 cm³/mol. The van der Waals surface area contributed by atoms with Gasteiger partial charge in [0, 0.05) is 12.1 Å². The van der Waals surface area contributed by atoms with E-state index < -0.39 is 0 Å². The van der Waals surface area contributed by atoms with Crippen molar-refractivity contribution in [1.29, 1.82) is 0 Å². The number of nitrogens with one attached hydrogen (secondary N) is 1. The molecule has 0 aromatic heterocycles. The number of aliphatic hydroxyl groups is 1. The maximum Gasteiger partial charge on any atom is 0.0730 e. The number of hydrogen-bond donors (Lipinski definition) is 2. The zero-order valence-corrected chi connectivity index (χ0v) is 11.2. The zero-order valence-electron chi connectivity index (χ0n) is 11.2. The lowest BCUT2D eigenvalue weighted by atomic mass is 10.0. The first-order valence-electron chi connectivity index (χ1n) is 6.61. The van der Waals surface area contributed by atoms with Gasteiger partial charge in [0.1, 0.15) is 0 Å². The van der Waals surface area contributed by atoms with Crippen molar-refractivity contribution in [3.05, 3.63) is 35.9 Å². The van der Waals surface area contributed by atoms with Crippen LogP contribution in [0.15, 0.2) is 30.3 Å². The van der Waals surface area contributed by atoms with Gasteiger partial charge in [0.15, 0.2) is 0 Å². The summed E-state index contributed by atoms with van der Waals surface area (Å²) >= 11 is 0. The highest BCUT2D eigenvalue weighted by atomic mass is 16.3. The van der Waals surface area contributed by atoms with Crippen LogP contribution in [0.2, 0.25) is 0 Å². The van der Waals surface area contributed by atoms with E-state index in [1.165, 1.54) is 12.0 Å². The van der Waals surface area contributed by atoms with E-state index in [-0.39, 0.29) is 12.1 Å². The smallest absolute Gasteiger partial charge is 0.0730 e. The zero-order chi connectivity index (χ0) is 12.7. The quantitative estimate of drug-likeness (QED) is 0.761. The first-order valence-corrected chi connectivity index (χ1v) is 6.61. The normalized spacial score (nSPS) is 16.5. The number of rotatable bonds is 7. The summed E-state index contributed by atoms with van der Waals surface area (Å²) in [5, 5.41) is 13.6. The molecule has 2 N–H and O–H groups in total. The third-order valence-corrected chi connectivity index (χ3v) is 3.13. The summed E-state index contributed by atoms with van der Waals surface area (Å²) in [6.07, 6.45) is 2.73. The molecule has 0 saturated carbocycles. The molecule has 0 aliphatic carbocycles. The highest BCUT2D eigenvalue weighted by molar-refractivity contribution is 5.15. The van der Waals surface area contributed by atoms with E-state index in [0.29, 0.717) is 12.5 Å². The van der Waals surface area contributed by atoms with Crippen molar-refractivity contribution in [3.8, 4) is 0 Å². The fourth-order valence-electron chi connectivity index (χ4n) is 2.11. The van der Waals surface area contributed by atoms with Gasteiger partial charge in [-0.1, -0.05) is 43.7 Å². The van der Waals surface area contributed by atoms with Crippen LogP contribution in [0.4, 0.5) is 0 Å². The molecule has 0 heterocycles. The van der Waals surface area contributed by atoms with Gasteiger partial charge in [-0.25, -0.2) is 0 Å². The third-order valence-electron chi connectivity index (χ3n) is 3.13. The molecule has 0 spiro atoms. The van der Waals surface area contributed by atoms with Gasteiger partial charge in [0.25, 0.3) is 0 Å². The van der Waals surface area contributed by atoms with Crippen LogP contribution < -0.4 is 5.32 Å². The van der Waals surface area contributed by atoms with Crippen LogP contribution in [-0.2, 0) is 6.42 Å².